The van der Waals surface area contributed by atoms with Crippen molar-refractivity contribution in [2.45, 2.75) is 20.1 Å². The number of para-hydroxylation sites is 3. The predicted molar refractivity (Wildman–Crippen MR) is 122 cm³/mol. The maximum Gasteiger partial charge on any atom is 0.224 e. The van der Waals surface area contributed by atoms with E-state index in [1.54, 1.807) is 6.21 Å². The zero-order valence-corrected chi connectivity index (χ0v) is 17.6. The van der Waals surface area contributed by atoms with E-state index in [0.29, 0.717) is 6.61 Å². The number of aromatic nitrogens is 2. The molecule has 4 rings (SSSR count). The molecule has 0 unspecified atom stereocenters. The molecule has 6 heteroatoms. The summed E-state index contributed by atoms with van der Waals surface area (Å²) < 4.78 is 9.16. The number of halogens is 1. The largest absolute Gasteiger partial charge is 0.488 e. The predicted octanol–water partition coefficient (Wildman–Crippen LogP) is 5.84. The van der Waals surface area contributed by atoms with E-state index in [1.165, 1.54) is 0 Å². The Kier molecular flexibility index (Phi) is 5.91. The molecule has 5 nitrogen and oxygen atoms in total. The second kappa shape index (κ2) is 8.92. The van der Waals surface area contributed by atoms with Crippen molar-refractivity contribution in [3.05, 3.63) is 88.4 Å². The molecule has 0 saturated heterocycles. The van der Waals surface area contributed by atoms with E-state index in [0.717, 1.165) is 44.9 Å². The number of nitrogens with zero attached hydrogens (tertiary/aromatic N) is 3. The molecule has 1 N–H and O–H groups in total. The molecule has 0 aliphatic heterocycles. The van der Waals surface area contributed by atoms with Gasteiger partial charge in [-0.1, -0.05) is 52.3 Å². The van der Waals surface area contributed by atoms with E-state index < -0.39 is 0 Å². The van der Waals surface area contributed by atoms with Crippen LogP contribution in [0, 0.1) is 0 Å². The molecular weight excluding hydrogens is 428 g/mol. The first kappa shape index (κ1) is 19.2. The molecule has 0 aliphatic carbocycles. The molecule has 3 aromatic carbocycles. The van der Waals surface area contributed by atoms with E-state index in [1.807, 2.05) is 66.7 Å². The van der Waals surface area contributed by atoms with Crippen LogP contribution >= 0.6 is 15.9 Å². The summed E-state index contributed by atoms with van der Waals surface area (Å²) in [4.78, 5) is 4.62. The van der Waals surface area contributed by atoms with Crippen LogP contribution in [0.25, 0.3) is 11.0 Å². The third kappa shape index (κ3) is 4.49. The highest BCUT2D eigenvalue weighted by Gasteiger charge is 2.08. The van der Waals surface area contributed by atoms with Crippen LogP contribution < -0.4 is 10.2 Å². The summed E-state index contributed by atoms with van der Waals surface area (Å²) in [5, 5.41) is 4.40. The maximum absolute atomic E-state index is 6.00. The fraction of sp³-hybridized carbons (Fsp3) is 0.130. The normalized spacial score (nSPS) is 11.2. The Morgan fingerprint density at radius 1 is 1.03 bits per heavy atom. The Bertz CT molecular complexity index is 1140. The number of ether oxygens (including phenoxy) is 1. The first-order valence-electron chi connectivity index (χ1n) is 9.45. The summed E-state index contributed by atoms with van der Waals surface area (Å²) in [7, 11) is 0. The van der Waals surface area contributed by atoms with Gasteiger partial charge in [-0.05, 0) is 48.9 Å². The molecule has 4 aromatic rings. The highest BCUT2D eigenvalue weighted by Crippen LogP contribution is 2.21. The molecule has 0 atom stereocenters. The van der Waals surface area contributed by atoms with Gasteiger partial charge in [-0.2, -0.15) is 5.10 Å². The summed E-state index contributed by atoms with van der Waals surface area (Å²) in [5.74, 6) is 1.50. The average Bonchev–Trinajstić information content (AvgIpc) is 3.11. The van der Waals surface area contributed by atoms with Crippen LogP contribution in [0.5, 0.6) is 5.75 Å². The molecule has 0 saturated carbocycles. The first-order chi connectivity index (χ1) is 14.2. The Hall–Kier alpha value is -3.12. The lowest BCUT2D eigenvalue weighted by atomic mass is 10.2. The molecule has 0 spiro atoms. The van der Waals surface area contributed by atoms with Gasteiger partial charge >= 0.3 is 0 Å². The smallest absolute Gasteiger partial charge is 0.224 e. The molecular formula is C23H21BrN4O. The van der Waals surface area contributed by atoms with Gasteiger partial charge in [0.1, 0.15) is 12.4 Å². The molecule has 0 radical (unpaired) electrons. The van der Waals surface area contributed by atoms with Gasteiger partial charge in [-0.15, -0.1) is 0 Å². The van der Waals surface area contributed by atoms with Gasteiger partial charge in [0, 0.05) is 16.6 Å². The highest BCUT2D eigenvalue weighted by molar-refractivity contribution is 9.10. The minimum absolute atomic E-state index is 0.497. The van der Waals surface area contributed by atoms with E-state index in [9.17, 15) is 0 Å². The van der Waals surface area contributed by atoms with Crippen molar-refractivity contribution < 1.29 is 4.74 Å². The number of hydrogen-bond donors (Lipinski definition) is 1. The monoisotopic (exact) mass is 448 g/mol. The molecule has 1 heterocycles. The molecule has 0 amide bonds. The van der Waals surface area contributed by atoms with Gasteiger partial charge in [0.05, 0.1) is 17.2 Å². The Labute approximate surface area is 178 Å². The number of nitrogens with one attached hydrogen (secondary N) is 1. The number of rotatable bonds is 7. The maximum atomic E-state index is 6.00. The summed E-state index contributed by atoms with van der Waals surface area (Å²) >= 11 is 3.45. The highest BCUT2D eigenvalue weighted by atomic mass is 79.9. The Morgan fingerprint density at radius 2 is 1.79 bits per heavy atom. The molecule has 146 valence electrons. The molecule has 0 bridgehead atoms. The van der Waals surface area contributed by atoms with E-state index in [-0.39, 0.29) is 0 Å². The number of aryl methyl sites for hydroxylation is 1. The lowest BCUT2D eigenvalue weighted by Gasteiger charge is -2.09. The number of fused-ring (bicyclic) bond motifs is 1. The van der Waals surface area contributed by atoms with Crippen LogP contribution in [0.2, 0.25) is 0 Å². The van der Waals surface area contributed by atoms with Crippen molar-refractivity contribution in [1.29, 1.82) is 0 Å². The zero-order valence-electron chi connectivity index (χ0n) is 16.0. The van der Waals surface area contributed by atoms with Crippen LogP contribution in [0.1, 0.15) is 18.1 Å². The molecule has 0 aliphatic rings. The number of hydrogen-bond acceptors (Lipinski definition) is 4. The molecule has 1 aromatic heterocycles. The topological polar surface area (TPSA) is 51.4 Å². The van der Waals surface area contributed by atoms with Crippen molar-refractivity contribution >= 4 is 39.1 Å². The van der Waals surface area contributed by atoms with Crippen molar-refractivity contribution in [1.82, 2.24) is 9.55 Å². The second-order valence-electron chi connectivity index (χ2n) is 6.49. The fourth-order valence-electron chi connectivity index (χ4n) is 3.10. The molecule has 29 heavy (non-hydrogen) atoms. The summed E-state index contributed by atoms with van der Waals surface area (Å²) in [6, 6.07) is 24.0. The molecule has 0 fully saturated rings. The van der Waals surface area contributed by atoms with E-state index in [2.05, 4.69) is 49.0 Å². The summed E-state index contributed by atoms with van der Waals surface area (Å²) in [5.41, 5.74) is 7.11. The third-order valence-corrected chi connectivity index (χ3v) is 5.09. The van der Waals surface area contributed by atoms with Crippen LogP contribution in [-0.4, -0.2) is 15.8 Å². The lowest BCUT2D eigenvalue weighted by molar-refractivity contribution is 0.306. The van der Waals surface area contributed by atoms with E-state index in [4.69, 9.17) is 4.74 Å². The standard InChI is InChI=1S/C23H21BrN4O/c1-2-28-21-9-5-4-8-20(21)26-23(28)27-25-15-18-7-3-6-10-22(18)29-16-17-11-13-19(24)14-12-17/h3-15H,2,16H2,1H3,(H,26,27)/b25-15-. The SMILES string of the molecule is CCn1c(N/N=C\c2ccccc2OCc2ccc(Br)cc2)nc2ccccc21. The number of anilines is 1. The first-order valence-corrected chi connectivity index (χ1v) is 10.2. The van der Waals surface area contributed by atoms with Crippen LogP contribution in [0.3, 0.4) is 0 Å². The Balaban J connectivity index is 1.48. The van der Waals surface area contributed by atoms with Gasteiger partial charge in [-0.3, -0.25) is 0 Å². The summed E-state index contributed by atoms with van der Waals surface area (Å²) in [6.45, 7) is 3.40. The number of benzene rings is 3. The van der Waals surface area contributed by atoms with Crippen LogP contribution in [0.4, 0.5) is 5.95 Å². The number of imidazole rings is 1. The third-order valence-electron chi connectivity index (χ3n) is 4.57. The van der Waals surface area contributed by atoms with Gasteiger partial charge in [-0.25, -0.2) is 10.4 Å². The van der Waals surface area contributed by atoms with Gasteiger partial charge in [0.15, 0.2) is 0 Å². The summed E-state index contributed by atoms with van der Waals surface area (Å²) in [6.07, 6.45) is 1.76. The van der Waals surface area contributed by atoms with Crippen LogP contribution in [0.15, 0.2) is 82.4 Å². The van der Waals surface area contributed by atoms with Crippen molar-refractivity contribution in [3.8, 4) is 5.75 Å². The Morgan fingerprint density at radius 3 is 2.62 bits per heavy atom. The number of hydrazone groups is 1. The van der Waals surface area contributed by atoms with Gasteiger partial charge in [0.25, 0.3) is 0 Å². The van der Waals surface area contributed by atoms with Crippen molar-refractivity contribution in [2.24, 2.45) is 5.10 Å². The quantitative estimate of drug-likeness (QED) is 0.285. The average molecular weight is 449 g/mol. The minimum atomic E-state index is 0.497. The lowest BCUT2D eigenvalue weighted by Crippen LogP contribution is -2.02. The van der Waals surface area contributed by atoms with Crippen molar-refractivity contribution in [2.75, 3.05) is 5.43 Å². The minimum Gasteiger partial charge on any atom is -0.488 e. The van der Waals surface area contributed by atoms with Gasteiger partial charge in [0.2, 0.25) is 5.95 Å². The van der Waals surface area contributed by atoms with E-state index >= 15 is 0 Å². The van der Waals surface area contributed by atoms with Crippen LogP contribution in [-0.2, 0) is 13.2 Å². The van der Waals surface area contributed by atoms with Gasteiger partial charge < -0.3 is 9.30 Å². The fourth-order valence-corrected chi connectivity index (χ4v) is 3.37. The second-order valence-corrected chi connectivity index (χ2v) is 7.41. The zero-order chi connectivity index (χ0) is 20.1. The van der Waals surface area contributed by atoms with Crippen molar-refractivity contribution in [3.63, 3.8) is 0 Å².